The Kier molecular flexibility index (Phi) is 14.9. The normalized spacial score (nSPS) is 12.5. The van der Waals surface area contributed by atoms with E-state index in [1.807, 2.05) is 21.1 Å². The Morgan fingerprint density at radius 1 is 1.19 bits per heavy atom. The third-order valence-corrected chi connectivity index (χ3v) is 4.08. The molecule has 0 saturated heterocycles. The molecular weight excluding hydrogens is 369 g/mol. The van der Waals surface area contributed by atoms with Gasteiger partial charge in [-0.2, -0.15) is 4.52 Å². The van der Waals surface area contributed by atoms with Crippen LogP contribution in [0.1, 0.15) is 47.0 Å². The molecule has 1 unspecified atom stereocenters. The molecule has 0 saturated carbocycles. The fourth-order valence-electron chi connectivity index (χ4n) is 1.52. The average Bonchev–Trinajstić information content (AvgIpc) is 2.53. The van der Waals surface area contributed by atoms with Gasteiger partial charge >= 0.3 is 11.4 Å². The van der Waals surface area contributed by atoms with Gasteiger partial charge in [-0.3, -0.25) is 0 Å². The van der Waals surface area contributed by atoms with Crippen LogP contribution in [-0.4, -0.2) is 56.2 Å². The van der Waals surface area contributed by atoms with Crippen molar-refractivity contribution in [3.63, 3.8) is 0 Å². The van der Waals surface area contributed by atoms with E-state index in [-0.39, 0.29) is 11.1 Å². The molecule has 0 amide bonds. The molecule has 8 heteroatoms. The topological polar surface area (TPSA) is 98.7 Å². The first-order valence-corrected chi connectivity index (χ1v) is 10.1. The molecule has 0 rings (SSSR count). The Hall–Kier alpha value is -1.53. The zero-order valence-corrected chi connectivity index (χ0v) is 18.6. The van der Waals surface area contributed by atoms with Crippen molar-refractivity contribution in [3.8, 4) is 0 Å². The van der Waals surface area contributed by atoms with E-state index in [0.717, 1.165) is 19.3 Å². The number of hydrogen-bond acceptors (Lipinski definition) is 6. The van der Waals surface area contributed by atoms with Gasteiger partial charge in [0, 0.05) is 5.57 Å². The molecule has 0 aromatic rings. The highest BCUT2D eigenvalue weighted by molar-refractivity contribution is 7.46. The van der Waals surface area contributed by atoms with Crippen molar-refractivity contribution in [1.82, 2.24) is 0 Å². The minimum atomic E-state index is -2.10. The van der Waals surface area contributed by atoms with Gasteiger partial charge in [0.25, 0.3) is 8.00 Å². The second-order valence-corrected chi connectivity index (χ2v) is 8.27. The van der Waals surface area contributed by atoms with E-state index < -0.39 is 19.9 Å². The van der Waals surface area contributed by atoms with E-state index in [0.29, 0.717) is 23.2 Å². The molecule has 7 nitrogen and oxygen atoms in total. The summed E-state index contributed by atoms with van der Waals surface area (Å²) in [6.07, 6.45) is 4.69. The first-order valence-electron chi connectivity index (χ1n) is 8.87. The maximum Gasteiger partial charge on any atom is 0.362 e. The molecule has 0 radical (unpaired) electrons. The van der Waals surface area contributed by atoms with Gasteiger partial charge in [-0.25, -0.2) is 4.79 Å². The summed E-state index contributed by atoms with van der Waals surface area (Å²) in [6, 6.07) is 0. The number of allylic oxidation sites excluding steroid dienone is 1. The molecule has 0 fully saturated rings. The number of ether oxygens (including phenoxy) is 1. The number of carbonyl (C=O) groups is 2. The third kappa shape index (κ3) is 16.4. The molecule has 0 bridgehead atoms. The number of aliphatic carboxylic acids is 1. The number of rotatable bonds is 10. The van der Waals surface area contributed by atoms with Crippen LogP contribution in [0.15, 0.2) is 23.8 Å². The van der Waals surface area contributed by atoms with Gasteiger partial charge in [-0.15, -0.1) is 0 Å². The molecule has 156 valence electrons. The molecule has 0 heterocycles. The van der Waals surface area contributed by atoms with Crippen LogP contribution in [0.25, 0.3) is 0 Å². The second kappa shape index (κ2) is 14.5. The van der Waals surface area contributed by atoms with Crippen LogP contribution in [0.5, 0.6) is 0 Å². The van der Waals surface area contributed by atoms with Gasteiger partial charge < -0.3 is 24.0 Å². The molecule has 27 heavy (non-hydrogen) atoms. The maximum absolute atomic E-state index is 11.8. The van der Waals surface area contributed by atoms with E-state index >= 15 is 0 Å². The number of nitrogens with zero attached hydrogens (tertiary/aromatic N) is 1. The third-order valence-electron chi connectivity index (χ3n) is 2.95. The van der Waals surface area contributed by atoms with E-state index in [9.17, 15) is 19.6 Å². The highest BCUT2D eigenvalue weighted by Gasteiger charge is 2.25. The summed E-state index contributed by atoms with van der Waals surface area (Å²) in [4.78, 5) is 33.3. The largest absolute Gasteiger partial charge is 0.600 e. The molecular formula is C19H34NO6P. The lowest BCUT2D eigenvalue weighted by atomic mass is 10.2. The Morgan fingerprint density at radius 3 is 2.11 bits per heavy atom. The molecule has 0 aliphatic heterocycles. The van der Waals surface area contributed by atoms with Crippen LogP contribution >= 0.6 is 8.00 Å². The minimum Gasteiger partial charge on any atom is -0.600 e. The summed E-state index contributed by atoms with van der Waals surface area (Å²) >= 11 is 0. The van der Waals surface area contributed by atoms with Crippen LogP contribution in [0.4, 0.5) is 0 Å². The summed E-state index contributed by atoms with van der Waals surface area (Å²) < 4.78 is 10.5. The second-order valence-electron chi connectivity index (χ2n) is 7.00. The van der Waals surface area contributed by atoms with Crippen molar-refractivity contribution in [1.29, 1.82) is 0 Å². The Morgan fingerprint density at radius 2 is 1.74 bits per heavy atom. The van der Waals surface area contributed by atoms with E-state index in [1.54, 1.807) is 26.8 Å². The standard InChI is InChI=1S/C11H21NO4P.C8H14O2/c1-7-15-17(14)10(8-12(4,5)6)16-11(13)9(2)3;1-3-4-5-6-7(2)8(9)10/h2,7-8H2,1,3-6H3;6H,3-5H2,1-2H3,(H,9,10)/q+1;/p-1. The molecule has 0 spiro atoms. The summed E-state index contributed by atoms with van der Waals surface area (Å²) in [5.41, 5.74) is 0.764. The van der Waals surface area contributed by atoms with Crippen LogP contribution in [-0.2, 0) is 18.8 Å². The number of carboxylic acid groups (broad SMARTS) is 1. The lowest BCUT2D eigenvalue weighted by Crippen LogP contribution is -2.41. The average molecular weight is 403 g/mol. The zero-order chi connectivity index (χ0) is 21.6. The molecule has 0 aromatic heterocycles. The first kappa shape index (κ1) is 27.7. The summed E-state index contributed by atoms with van der Waals surface area (Å²) in [5, 5.41) is 10.1. The monoisotopic (exact) mass is 403 g/mol. The zero-order valence-electron chi connectivity index (χ0n) is 17.7. The predicted octanol–water partition coefficient (Wildman–Crippen LogP) is 1.52. The van der Waals surface area contributed by atoms with Gasteiger partial charge in [0.05, 0.1) is 33.7 Å². The maximum atomic E-state index is 11.8. The summed E-state index contributed by atoms with van der Waals surface area (Å²) in [7, 11) is 3.62. The number of carbonyl (C=O) groups excluding carboxylic acids is 2. The van der Waals surface area contributed by atoms with Crippen molar-refractivity contribution in [2.75, 3.05) is 34.3 Å². The summed E-state index contributed by atoms with van der Waals surface area (Å²) in [5.74, 6) is -1.63. The molecule has 0 aliphatic carbocycles. The highest BCUT2D eigenvalue weighted by atomic mass is 31.1. The first-order chi connectivity index (χ1) is 12.4. The van der Waals surface area contributed by atoms with Crippen molar-refractivity contribution < 1.29 is 33.3 Å². The van der Waals surface area contributed by atoms with Crippen molar-refractivity contribution in [2.45, 2.75) is 47.0 Å². The smallest absolute Gasteiger partial charge is 0.362 e. The number of hydrogen-bond donors (Lipinski definition) is 0. The molecule has 0 aliphatic rings. The molecule has 1 atom stereocenters. The quantitative estimate of drug-likeness (QED) is 0.180. The number of quaternary nitrogens is 1. The Bertz CT molecular complexity index is 561. The van der Waals surface area contributed by atoms with Crippen molar-refractivity contribution in [3.05, 3.63) is 23.8 Å². The summed E-state index contributed by atoms with van der Waals surface area (Å²) in [6.45, 7) is 11.0. The van der Waals surface area contributed by atoms with Gasteiger partial charge in [-0.05, 0) is 32.8 Å². The Balaban J connectivity index is 0. The lowest BCUT2D eigenvalue weighted by molar-refractivity contribution is -0.861. The fraction of sp³-hybridized carbons (Fsp3) is 0.632. The minimum absolute atomic E-state index is 0.155. The van der Waals surface area contributed by atoms with Gasteiger partial charge in [0.2, 0.25) is 0 Å². The van der Waals surface area contributed by atoms with Gasteiger partial charge in [0.1, 0.15) is 0 Å². The number of carboxylic acids is 1. The molecule has 0 aromatic carbocycles. The number of unbranched alkanes of at least 4 members (excludes halogenated alkanes) is 2. The Labute approximate surface area is 164 Å². The van der Waals surface area contributed by atoms with Crippen molar-refractivity contribution in [2.24, 2.45) is 0 Å². The van der Waals surface area contributed by atoms with E-state index in [4.69, 9.17) is 9.26 Å². The van der Waals surface area contributed by atoms with Gasteiger partial charge in [-0.1, -0.05) is 32.4 Å². The van der Waals surface area contributed by atoms with Crippen LogP contribution in [0, 0.1) is 0 Å². The fourth-order valence-corrected chi connectivity index (χ4v) is 2.60. The SMILES string of the molecule is C=C(C)C(=O)OC(C[N+](C)(C)C)=[P+]([O-])OCC.CCCCC=C(C)C(=O)[O-]. The lowest BCUT2D eigenvalue weighted by Gasteiger charge is -2.22. The van der Waals surface area contributed by atoms with Crippen LogP contribution in [0.3, 0.4) is 0 Å². The van der Waals surface area contributed by atoms with Gasteiger partial charge in [0.15, 0.2) is 6.54 Å². The van der Waals surface area contributed by atoms with E-state index in [1.165, 1.54) is 0 Å². The van der Waals surface area contributed by atoms with E-state index in [2.05, 4.69) is 13.5 Å². The number of likely N-dealkylation sites (N-methyl/N-ethyl adjacent to an activating group) is 1. The number of esters is 1. The van der Waals surface area contributed by atoms with Crippen LogP contribution < -0.4 is 10.00 Å². The molecule has 0 N–H and O–H groups in total. The predicted molar refractivity (Wildman–Crippen MR) is 106 cm³/mol. The van der Waals surface area contributed by atoms with Crippen LogP contribution in [0.2, 0.25) is 0 Å². The highest BCUT2D eigenvalue weighted by Crippen LogP contribution is 2.18. The van der Waals surface area contributed by atoms with Crippen molar-refractivity contribution >= 4 is 25.4 Å².